The normalized spacial score (nSPS) is 12.5. The molecule has 0 aliphatic rings. The number of nitrogens with zero attached hydrogens (tertiary/aromatic N) is 2. The number of nitrogens with two attached hydrogens (primary N) is 3. The molecule has 0 spiro atoms. The van der Waals surface area contributed by atoms with Gasteiger partial charge in [0.05, 0.1) is 0 Å². The van der Waals surface area contributed by atoms with E-state index in [4.69, 9.17) is 22.9 Å². The van der Waals surface area contributed by atoms with E-state index in [-0.39, 0.29) is 18.4 Å². The van der Waals surface area contributed by atoms with Crippen LogP contribution in [0.2, 0.25) is 0 Å². The second-order valence-corrected chi connectivity index (χ2v) is 15.6. The molecule has 0 fully saturated rings. The largest absolute Gasteiger partial charge is 0.667 e. The number of rotatable bonds is 40. The Labute approximate surface area is 322 Å². The van der Waals surface area contributed by atoms with E-state index in [0.29, 0.717) is 19.4 Å². The highest BCUT2D eigenvalue weighted by Crippen LogP contribution is 2.16. The summed E-state index contributed by atoms with van der Waals surface area (Å²) in [5.41, 5.74) is 25.1. The minimum absolute atomic E-state index is 0.00805. The Balaban J connectivity index is 4.39. The molecule has 0 saturated heterocycles. The van der Waals surface area contributed by atoms with Gasteiger partial charge in [0.2, 0.25) is 11.8 Å². The van der Waals surface area contributed by atoms with E-state index in [1.54, 1.807) is 0 Å². The third-order valence-electron chi connectivity index (χ3n) is 10.5. The summed E-state index contributed by atoms with van der Waals surface area (Å²) in [5, 5.41) is 2.73. The molecule has 2 amide bonds. The van der Waals surface area contributed by atoms with Crippen LogP contribution in [0.1, 0.15) is 219 Å². The summed E-state index contributed by atoms with van der Waals surface area (Å²) in [5.74, 6) is -0.497. The van der Waals surface area contributed by atoms with Crippen LogP contribution < -0.4 is 22.5 Å². The number of guanidine groups is 1. The summed E-state index contributed by atoms with van der Waals surface area (Å²) in [6, 6.07) is -1.74. The third-order valence-corrected chi connectivity index (χ3v) is 10.5. The molecule has 0 aromatic heterocycles. The molecule has 0 aliphatic carbocycles. The predicted molar refractivity (Wildman–Crippen MR) is 225 cm³/mol. The second-order valence-electron chi connectivity index (χ2n) is 15.6. The SMILES string of the molecule is CCCCCCCCCCCCCCCCCCN(CCCCCCCCCCCCCCCC)C(=O)C(N)CNC(=O)C([NH-])CCCN=C(N)N. The van der Waals surface area contributed by atoms with Gasteiger partial charge in [0.25, 0.3) is 0 Å². The van der Waals surface area contributed by atoms with E-state index in [1.807, 2.05) is 4.90 Å². The fraction of sp³-hybridized carbons (Fsp3) is 0.930. The first-order chi connectivity index (χ1) is 25.3. The molecule has 0 radical (unpaired) electrons. The van der Waals surface area contributed by atoms with Gasteiger partial charge in [0.1, 0.15) is 6.04 Å². The van der Waals surface area contributed by atoms with Gasteiger partial charge in [-0.3, -0.25) is 14.6 Å². The minimum atomic E-state index is -0.937. The fourth-order valence-corrected chi connectivity index (χ4v) is 6.97. The van der Waals surface area contributed by atoms with Crippen molar-refractivity contribution in [2.75, 3.05) is 26.2 Å². The number of unbranched alkanes of at least 4 members (excludes halogenated alkanes) is 28. The number of aliphatic imine (C=N–C) groups is 1. The molecule has 52 heavy (non-hydrogen) atoms. The van der Waals surface area contributed by atoms with Crippen molar-refractivity contribution in [3.05, 3.63) is 5.73 Å². The van der Waals surface area contributed by atoms with Crippen LogP contribution in [0.25, 0.3) is 5.73 Å². The molecule has 0 aliphatic heterocycles. The Kier molecular flexibility index (Phi) is 37.4. The Bertz CT molecular complexity index is 821. The molecule has 2 unspecified atom stereocenters. The van der Waals surface area contributed by atoms with Crippen LogP contribution in [0, 0.1) is 0 Å². The number of amides is 2. The number of carbonyl (C=O) groups excluding carboxylic acids is 2. The number of hydrogen-bond acceptors (Lipinski definition) is 4. The lowest BCUT2D eigenvalue weighted by Gasteiger charge is -2.27. The average Bonchev–Trinajstić information content (AvgIpc) is 3.13. The van der Waals surface area contributed by atoms with E-state index in [9.17, 15) is 9.59 Å². The van der Waals surface area contributed by atoms with Gasteiger partial charge in [-0.15, -0.1) is 0 Å². The molecule has 0 rings (SSSR count). The van der Waals surface area contributed by atoms with Crippen LogP contribution in [-0.2, 0) is 9.59 Å². The van der Waals surface area contributed by atoms with Crippen LogP contribution in [-0.4, -0.2) is 60.9 Å². The number of nitrogens with one attached hydrogen (secondary N) is 2. The van der Waals surface area contributed by atoms with Crippen molar-refractivity contribution in [1.82, 2.24) is 10.2 Å². The van der Waals surface area contributed by atoms with E-state index in [0.717, 1.165) is 38.8 Å². The van der Waals surface area contributed by atoms with Crippen molar-refractivity contribution in [3.8, 4) is 0 Å². The van der Waals surface area contributed by atoms with E-state index in [2.05, 4.69) is 24.2 Å². The molecule has 0 aromatic carbocycles. The van der Waals surface area contributed by atoms with E-state index < -0.39 is 18.0 Å². The Hall–Kier alpha value is -1.87. The van der Waals surface area contributed by atoms with Gasteiger partial charge in [0, 0.05) is 26.2 Å². The predicted octanol–water partition coefficient (Wildman–Crippen LogP) is 10.5. The van der Waals surface area contributed by atoms with Crippen molar-refractivity contribution >= 4 is 17.8 Å². The highest BCUT2D eigenvalue weighted by atomic mass is 16.2. The van der Waals surface area contributed by atoms with Crippen LogP contribution in [0.5, 0.6) is 0 Å². The Morgan fingerprint density at radius 1 is 0.558 bits per heavy atom. The lowest BCUT2D eigenvalue weighted by atomic mass is 10.0. The average molecular weight is 735 g/mol. The second kappa shape index (κ2) is 38.8. The maximum atomic E-state index is 13.4. The fourth-order valence-electron chi connectivity index (χ4n) is 6.97. The maximum absolute atomic E-state index is 13.4. The van der Waals surface area contributed by atoms with Crippen molar-refractivity contribution in [1.29, 1.82) is 0 Å². The van der Waals surface area contributed by atoms with Gasteiger partial charge in [-0.2, -0.15) is 0 Å². The zero-order valence-electron chi connectivity index (χ0n) is 34.6. The van der Waals surface area contributed by atoms with Crippen LogP contribution in [0.3, 0.4) is 0 Å². The van der Waals surface area contributed by atoms with Crippen molar-refractivity contribution < 1.29 is 9.59 Å². The first kappa shape index (κ1) is 50.1. The molecule has 0 aromatic rings. The highest BCUT2D eigenvalue weighted by Gasteiger charge is 2.21. The van der Waals surface area contributed by atoms with Gasteiger partial charge in [-0.05, 0) is 19.3 Å². The Morgan fingerprint density at radius 3 is 1.21 bits per heavy atom. The van der Waals surface area contributed by atoms with Gasteiger partial charge < -0.3 is 33.2 Å². The van der Waals surface area contributed by atoms with E-state index >= 15 is 0 Å². The van der Waals surface area contributed by atoms with Crippen molar-refractivity contribution in [2.45, 2.75) is 231 Å². The molecular formula is C43H88N7O2-. The summed E-state index contributed by atoms with van der Waals surface area (Å²) in [7, 11) is 0. The molecule has 9 nitrogen and oxygen atoms in total. The smallest absolute Gasteiger partial charge is 0.241 e. The zero-order chi connectivity index (χ0) is 38.3. The van der Waals surface area contributed by atoms with Gasteiger partial charge in [-0.1, -0.05) is 206 Å². The topological polar surface area (TPSA) is 164 Å². The van der Waals surface area contributed by atoms with Crippen molar-refractivity contribution in [3.63, 3.8) is 0 Å². The first-order valence-electron chi connectivity index (χ1n) is 22.4. The number of carbonyl (C=O) groups is 2. The zero-order valence-corrected chi connectivity index (χ0v) is 34.6. The molecule has 9 heteroatoms. The molecule has 2 atom stereocenters. The maximum Gasteiger partial charge on any atom is 0.241 e. The van der Waals surface area contributed by atoms with Gasteiger partial charge in [0.15, 0.2) is 5.96 Å². The first-order valence-corrected chi connectivity index (χ1v) is 22.4. The molecule has 308 valence electrons. The molecular weight excluding hydrogens is 647 g/mol. The molecule has 0 heterocycles. The summed E-state index contributed by atoms with van der Waals surface area (Å²) >= 11 is 0. The van der Waals surface area contributed by atoms with Crippen LogP contribution >= 0.6 is 0 Å². The van der Waals surface area contributed by atoms with Gasteiger partial charge >= 0.3 is 0 Å². The van der Waals surface area contributed by atoms with Crippen LogP contribution in [0.4, 0.5) is 0 Å². The summed E-state index contributed by atoms with van der Waals surface area (Å²) in [4.78, 5) is 31.7. The molecule has 0 bridgehead atoms. The molecule has 8 N–H and O–H groups in total. The third kappa shape index (κ3) is 33.9. The Morgan fingerprint density at radius 2 is 0.885 bits per heavy atom. The minimum Gasteiger partial charge on any atom is -0.667 e. The quantitative estimate of drug-likeness (QED) is 0.0279. The standard InChI is InChI=1S/C43H88N7O2/c1-3-5-7-9-11-13-15-17-19-20-22-24-26-28-30-32-37-50(36-31-29-27-25-23-21-18-16-14-12-10-8-6-4-2)42(52)40(45)38-49-41(51)39(44)34-33-35-48-43(46)47/h39-40,44H,3-38,45H2,1-2H3,(H,49,51)(H4,46,47,48)/q-1. The lowest BCUT2D eigenvalue weighted by molar-refractivity contribution is -0.132. The van der Waals surface area contributed by atoms with Crippen molar-refractivity contribution in [2.24, 2.45) is 22.2 Å². The lowest BCUT2D eigenvalue weighted by Crippen LogP contribution is -2.51. The molecule has 0 saturated carbocycles. The van der Waals surface area contributed by atoms with Gasteiger partial charge in [-0.25, -0.2) is 0 Å². The summed E-state index contributed by atoms with van der Waals surface area (Å²) < 4.78 is 0. The number of hydrogen-bond donors (Lipinski definition) is 4. The summed E-state index contributed by atoms with van der Waals surface area (Å²) in [6.07, 6.45) is 40.4. The highest BCUT2D eigenvalue weighted by molar-refractivity contribution is 5.85. The van der Waals surface area contributed by atoms with Crippen LogP contribution in [0.15, 0.2) is 4.99 Å². The monoisotopic (exact) mass is 735 g/mol. The summed E-state index contributed by atoms with van der Waals surface area (Å²) in [6.45, 7) is 6.44. The van der Waals surface area contributed by atoms with E-state index in [1.165, 1.54) is 167 Å².